The van der Waals surface area contributed by atoms with Gasteiger partial charge < -0.3 is 15.4 Å². The van der Waals surface area contributed by atoms with Crippen LogP contribution in [0.25, 0.3) is 0 Å². The first kappa shape index (κ1) is 14.7. The summed E-state index contributed by atoms with van der Waals surface area (Å²) in [6, 6.07) is 8.14. The molecular weight excluding hydrogens is 228 g/mol. The summed E-state index contributed by atoms with van der Waals surface area (Å²) in [7, 11) is 0. The van der Waals surface area contributed by atoms with Gasteiger partial charge in [-0.15, -0.1) is 0 Å². The van der Waals surface area contributed by atoms with Gasteiger partial charge in [-0.25, -0.2) is 0 Å². The van der Waals surface area contributed by atoms with Crippen LogP contribution >= 0.6 is 0 Å². The van der Waals surface area contributed by atoms with Crippen molar-refractivity contribution in [3.8, 4) is 0 Å². The van der Waals surface area contributed by atoms with Crippen LogP contribution < -0.4 is 10.6 Å². The van der Waals surface area contributed by atoms with E-state index >= 15 is 0 Å². The van der Waals surface area contributed by atoms with Gasteiger partial charge in [0.25, 0.3) is 0 Å². The fourth-order valence-corrected chi connectivity index (χ4v) is 1.50. The first-order valence-electron chi connectivity index (χ1n) is 6.25. The van der Waals surface area contributed by atoms with Crippen LogP contribution in [-0.2, 0) is 9.53 Å². The molecule has 0 aliphatic heterocycles. The Labute approximate surface area is 109 Å². The van der Waals surface area contributed by atoms with Crippen LogP contribution in [0.4, 0.5) is 5.69 Å². The van der Waals surface area contributed by atoms with Crippen molar-refractivity contribution >= 4 is 11.6 Å². The third kappa shape index (κ3) is 6.37. The molecule has 2 N–H and O–H groups in total. The van der Waals surface area contributed by atoms with E-state index in [2.05, 4.69) is 24.5 Å². The highest BCUT2D eigenvalue weighted by Gasteiger charge is 2.02. The Bertz CT molecular complexity index is 378. The van der Waals surface area contributed by atoms with Gasteiger partial charge in [-0.3, -0.25) is 4.79 Å². The Morgan fingerprint density at radius 2 is 2.17 bits per heavy atom. The second-order valence-corrected chi connectivity index (χ2v) is 4.58. The molecule has 0 fully saturated rings. The van der Waals surface area contributed by atoms with E-state index in [4.69, 9.17) is 4.74 Å². The number of hydrogen-bond acceptors (Lipinski definition) is 3. The van der Waals surface area contributed by atoms with Crippen LogP contribution in [0.1, 0.15) is 19.4 Å². The maximum Gasteiger partial charge on any atom is 0.250 e. The summed E-state index contributed by atoms with van der Waals surface area (Å²) >= 11 is 0. The highest BCUT2D eigenvalue weighted by atomic mass is 16.5. The average molecular weight is 250 g/mol. The zero-order valence-corrected chi connectivity index (χ0v) is 11.3. The number of nitrogens with one attached hydrogen (secondary N) is 2. The number of rotatable bonds is 7. The van der Waals surface area contributed by atoms with Crippen LogP contribution in [0.2, 0.25) is 0 Å². The molecule has 0 saturated heterocycles. The second kappa shape index (κ2) is 7.84. The number of hydrogen-bond donors (Lipinski definition) is 2. The van der Waals surface area contributed by atoms with E-state index in [-0.39, 0.29) is 12.5 Å². The topological polar surface area (TPSA) is 50.4 Å². The molecule has 1 aromatic carbocycles. The average Bonchev–Trinajstić information content (AvgIpc) is 2.28. The zero-order chi connectivity index (χ0) is 13.4. The predicted molar refractivity (Wildman–Crippen MR) is 73.8 cm³/mol. The standard InChI is InChI=1S/C14H22N2O2/c1-11(2)15-7-8-18-10-14(17)16-13-6-4-5-12(3)9-13/h4-6,9,11,15H,7-8,10H2,1-3H3,(H,16,17). The summed E-state index contributed by atoms with van der Waals surface area (Å²) in [5.74, 6) is -0.120. The molecule has 0 unspecified atom stereocenters. The van der Waals surface area contributed by atoms with Crippen molar-refractivity contribution in [2.75, 3.05) is 25.1 Å². The van der Waals surface area contributed by atoms with Crippen LogP contribution in [-0.4, -0.2) is 31.7 Å². The smallest absolute Gasteiger partial charge is 0.250 e. The van der Waals surface area contributed by atoms with E-state index < -0.39 is 0 Å². The van der Waals surface area contributed by atoms with Crippen molar-refractivity contribution < 1.29 is 9.53 Å². The Morgan fingerprint density at radius 1 is 1.39 bits per heavy atom. The monoisotopic (exact) mass is 250 g/mol. The van der Waals surface area contributed by atoms with Crippen molar-refractivity contribution in [3.05, 3.63) is 29.8 Å². The molecule has 1 rings (SSSR count). The Morgan fingerprint density at radius 3 is 2.83 bits per heavy atom. The number of carbonyl (C=O) groups excluding carboxylic acids is 1. The summed E-state index contributed by atoms with van der Waals surface area (Å²) < 4.78 is 5.27. The molecule has 0 saturated carbocycles. The first-order valence-corrected chi connectivity index (χ1v) is 6.25. The van der Waals surface area contributed by atoms with Crippen molar-refractivity contribution in [2.24, 2.45) is 0 Å². The molecule has 0 bridgehead atoms. The molecule has 100 valence electrons. The van der Waals surface area contributed by atoms with Crippen LogP contribution in [0, 0.1) is 6.92 Å². The van der Waals surface area contributed by atoms with Crippen molar-refractivity contribution in [1.82, 2.24) is 5.32 Å². The molecule has 0 aromatic heterocycles. The number of amides is 1. The molecule has 0 heterocycles. The fourth-order valence-electron chi connectivity index (χ4n) is 1.50. The summed E-state index contributed by atoms with van der Waals surface area (Å²) in [4.78, 5) is 11.6. The lowest BCUT2D eigenvalue weighted by atomic mass is 10.2. The largest absolute Gasteiger partial charge is 0.370 e. The summed E-state index contributed by atoms with van der Waals surface area (Å²) in [6.45, 7) is 7.53. The number of anilines is 1. The third-order valence-electron chi connectivity index (χ3n) is 2.33. The molecule has 0 spiro atoms. The van der Waals surface area contributed by atoms with Crippen molar-refractivity contribution in [1.29, 1.82) is 0 Å². The van der Waals surface area contributed by atoms with E-state index in [0.717, 1.165) is 17.8 Å². The minimum atomic E-state index is -0.120. The molecule has 4 heteroatoms. The van der Waals surface area contributed by atoms with Crippen molar-refractivity contribution in [2.45, 2.75) is 26.8 Å². The summed E-state index contributed by atoms with van der Waals surface area (Å²) in [5, 5.41) is 6.02. The van der Waals surface area contributed by atoms with Crippen LogP contribution in [0.5, 0.6) is 0 Å². The summed E-state index contributed by atoms with van der Waals surface area (Å²) in [5.41, 5.74) is 1.93. The Hall–Kier alpha value is -1.39. The van der Waals surface area contributed by atoms with Gasteiger partial charge in [0.2, 0.25) is 5.91 Å². The van der Waals surface area contributed by atoms with Gasteiger partial charge in [-0.05, 0) is 24.6 Å². The van der Waals surface area contributed by atoms with Gasteiger partial charge in [0.1, 0.15) is 6.61 Å². The van der Waals surface area contributed by atoms with Gasteiger partial charge >= 0.3 is 0 Å². The summed E-state index contributed by atoms with van der Waals surface area (Å²) in [6.07, 6.45) is 0. The second-order valence-electron chi connectivity index (χ2n) is 4.58. The molecular formula is C14H22N2O2. The third-order valence-corrected chi connectivity index (χ3v) is 2.33. The van der Waals surface area contributed by atoms with Crippen LogP contribution in [0.15, 0.2) is 24.3 Å². The lowest BCUT2D eigenvalue weighted by Gasteiger charge is -2.09. The SMILES string of the molecule is Cc1cccc(NC(=O)COCCNC(C)C)c1. The molecule has 0 radical (unpaired) electrons. The number of aryl methyl sites for hydroxylation is 1. The van der Waals surface area contributed by atoms with E-state index in [9.17, 15) is 4.79 Å². The van der Waals surface area contributed by atoms with Gasteiger partial charge in [0.05, 0.1) is 6.61 Å². The Balaban J connectivity index is 2.18. The van der Waals surface area contributed by atoms with E-state index in [1.54, 1.807) is 0 Å². The van der Waals surface area contributed by atoms with Gasteiger partial charge in [-0.2, -0.15) is 0 Å². The van der Waals surface area contributed by atoms with Gasteiger partial charge in [-0.1, -0.05) is 26.0 Å². The first-order chi connectivity index (χ1) is 8.58. The highest BCUT2D eigenvalue weighted by Crippen LogP contribution is 2.08. The minimum Gasteiger partial charge on any atom is -0.370 e. The van der Waals surface area contributed by atoms with E-state index in [1.807, 2.05) is 31.2 Å². The lowest BCUT2D eigenvalue weighted by molar-refractivity contribution is -0.120. The molecule has 1 aromatic rings. The lowest BCUT2D eigenvalue weighted by Crippen LogP contribution is -2.28. The molecule has 18 heavy (non-hydrogen) atoms. The van der Waals surface area contributed by atoms with E-state index in [1.165, 1.54) is 0 Å². The quantitative estimate of drug-likeness (QED) is 0.727. The molecule has 1 amide bonds. The van der Waals surface area contributed by atoms with Gasteiger partial charge in [0, 0.05) is 18.3 Å². The number of carbonyl (C=O) groups is 1. The molecule has 4 nitrogen and oxygen atoms in total. The van der Waals surface area contributed by atoms with E-state index in [0.29, 0.717) is 12.6 Å². The molecule has 0 aliphatic rings. The Kier molecular flexibility index (Phi) is 6.39. The minimum absolute atomic E-state index is 0.0910. The zero-order valence-electron chi connectivity index (χ0n) is 11.3. The fraction of sp³-hybridized carbons (Fsp3) is 0.500. The highest BCUT2D eigenvalue weighted by molar-refractivity contribution is 5.91. The van der Waals surface area contributed by atoms with Crippen molar-refractivity contribution in [3.63, 3.8) is 0 Å². The molecule has 0 atom stereocenters. The van der Waals surface area contributed by atoms with Crippen LogP contribution in [0.3, 0.4) is 0 Å². The maximum absolute atomic E-state index is 11.6. The maximum atomic E-state index is 11.6. The normalized spacial score (nSPS) is 10.7. The molecule has 0 aliphatic carbocycles. The van der Waals surface area contributed by atoms with Gasteiger partial charge in [0.15, 0.2) is 0 Å². The number of ether oxygens (including phenoxy) is 1. The number of benzene rings is 1. The predicted octanol–water partition coefficient (Wildman–Crippen LogP) is 1.95.